The highest BCUT2D eigenvalue weighted by Gasteiger charge is 2.12. The quantitative estimate of drug-likeness (QED) is 0.708. The van der Waals surface area contributed by atoms with Crippen molar-refractivity contribution >= 4 is 34.7 Å². The van der Waals surface area contributed by atoms with E-state index in [0.29, 0.717) is 32.7 Å². The number of carbonyl (C=O) groups is 1. The van der Waals surface area contributed by atoms with Crippen molar-refractivity contribution in [2.45, 2.75) is 6.92 Å². The van der Waals surface area contributed by atoms with E-state index in [1.807, 2.05) is 19.1 Å². The number of nitrogens with one attached hydrogen (secondary N) is 2. The van der Waals surface area contributed by atoms with Gasteiger partial charge in [-0.15, -0.1) is 0 Å². The molecule has 2 aromatic carbocycles. The van der Waals surface area contributed by atoms with Crippen molar-refractivity contribution in [3.63, 3.8) is 0 Å². The number of hydrogen-bond acceptors (Lipinski definition) is 4. The van der Waals surface area contributed by atoms with E-state index in [2.05, 4.69) is 10.3 Å². The zero-order valence-corrected chi connectivity index (χ0v) is 14.9. The normalized spacial score (nSPS) is 10.7. The summed E-state index contributed by atoms with van der Waals surface area (Å²) in [4.78, 5) is 27.7. The van der Waals surface area contributed by atoms with Gasteiger partial charge in [0.25, 0.3) is 11.5 Å². The van der Waals surface area contributed by atoms with Crippen LogP contribution in [0.2, 0.25) is 0 Å². The Morgan fingerprint density at radius 2 is 2.00 bits per heavy atom. The SMILES string of the molecule is COc1ccc(C)cc1NC(=O)c1ccc2c(=O)n(C)c(=S)[nH]c2c1. The van der Waals surface area contributed by atoms with Crippen molar-refractivity contribution < 1.29 is 9.53 Å². The number of benzene rings is 2. The van der Waals surface area contributed by atoms with E-state index in [1.54, 1.807) is 38.4 Å². The van der Waals surface area contributed by atoms with Gasteiger partial charge >= 0.3 is 0 Å². The van der Waals surface area contributed by atoms with Crippen molar-refractivity contribution in [2.24, 2.45) is 7.05 Å². The second kappa shape index (κ2) is 6.52. The molecule has 6 nitrogen and oxygen atoms in total. The van der Waals surface area contributed by atoms with E-state index in [9.17, 15) is 9.59 Å². The number of H-pyrrole nitrogens is 1. The highest BCUT2D eigenvalue weighted by molar-refractivity contribution is 7.71. The monoisotopic (exact) mass is 355 g/mol. The van der Waals surface area contributed by atoms with Gasteiger partial charge in [-0.3, -0.25) is 14.2 Å². The number of aryl methyl sites for hydroxylation is 1. The molecule has 0 spiro atoms. The summed E-state index contributed by atoms with van der Waals surface area (Å²) < 4.78 is 6.93. The summed E-state index contributed by atoms with van der Waals surface area (Å²) in [6, 6.07) is 10.4. The van der Waals surface area contributed by atoms with Crippen LogP contribution in [0, 0.1) is 11.7 Å². The lowest BCUT2D eigenvalue weighted by Crippen LogP contribution is -2.19. The van der Waals surface area contributed by atoms with E-state index in [4.69, 9.17) is 17.0 Å². The molecule has 0 atom stereocenters. The summed E-state index contributed by atoms with van der Waals surface area (Å²) in [6.07, 6.45) is 0. The summed E-state index contributed by atoms with van der Waals surface area (Å²) in [5, 5.41) is 3.31. The maximum atomic E-state index is 12.6. The third-order valence-electron chi connectivity index (χ3n) is 3.97. The maximum absolute atomic E-state index is 12.6. The van der Waals surface area contributed by atoms with Gasteiger partial charge < -0.3 is 15.0 Å². The Kier molecular flexibility index (Phi) is 4.41. The van der Waals surface area contributed by atoms with Crippen LogP contribution in [0.5, 0.6) is 5.75 Å². The minimum Gasteiger partial charge on any atom is -0.495 e. The standard InChI is InChI=1S/C18H17N3O3S/c1-10-4-7-15(24-3)14(8-10)19-16(22)11-5-6-12-13(9-11)20-18(25)21(2)17(12)23/h4-9H,1-3H3,(H,19,22)(H,20,25). The number of anilines is 1. The van der Waals surface area contributed by atoms with Gasteiger partial charge in [0.15, 0.2) is 4.77 Å². The van der Waals surface area contributed by atoms with Crippen LogP contribution in [0.1, 0.15) is 15.9 Å². The number of fused-ring (bicyclic) bond motifs is 1. The fourth-order valence-electron chi connectivity index (χ4n) is 2.56. The number of carbonyl (C=O) groups excluding carboxylic acids is 1. The molecule has 0 aliphatic rings. The second-order valence-electron chi connectivity index (χ2n) is 5.71. The molecule has 1 aromatic heterocycles. The van der Waals surface area contributed by atoms with Gasteiger partial charge in [0.1, 0.15) is 5.75 Å². The van der Waals surface area contributed by atoms with Crippen LogP contribution in [-0.2, 0) is 7.05 Å². The van der Waals surface area contributed by atoms with Gasteiger partial charge in [0.2, 0.25) is 0 Å². The van der Waals surface area contributed by atoms with Gasteiger partial charge in [-0.05, 0) is 55.0 Å². The van der Waals surface area contributed by atoms with Crippen LogP contribution < -0.4 is 15.6 Å². The first-order valence-corrected chi connectivity index (χ1v) is 8.00. The molecule has 0 aliphatic carbocycles. The highest BCUT2D eigenvalue weighted by atomic mass is 32.1. The molecule has 0 saturated heterocycles. The number of rotatable bonds is 3. The molecule has 0 unspecified atom stereocenters. The zero-order valence-electron chi connectivity index (χ0n) is 14.0. The summed E-state index contributed by atoms with van der Waals surface area (Å²) in [7, 11) is 3.15. The van der Waals surface area contributed by atoms with Gasteiger partial charge in [-0.1, -0.05) is 6.07 Å². The number of hydrogen-bond donors (Lipinski definition) is 2. The van der Waals surface area contributed by atoms with Crippen LogP contribution >= 0.6 is 12.2 Å². The number of methoxy groups -OCH3 is 1. The second-order valence-corrected chi connectivity index (χ2v) is 6.10. The number of nitrogens with zero attached hydrogens (tertiary/aromatic N) is 1. The van der Waals surface area contributed by atoms with Crippen LogP contribution in [0.4, 0.5) is 5.69 Å². The average molecular weight is 355 g/mol. The summed E-state index contributed by atoms with van der Waals surface area (Å²) >= 11 is 5.12. The largest absolute Gasteiger partial charge is 0.495 e. The van der Waals surface area contributed by atoms with E-state index >= 15 is 0 Å². The molecule has 1 amide bonds. The average Bonchev–Trinajstić information content (AvgIpc) is 2.59. The molecular formula is C18H17N3O3S. The predicted molar refractivity (Wildman–Crippen MR) is 100 cm³/mol. The Morgan fingerprint density at radius 3 is 2.72 bits per heavy atom. The van der Waals surface area contributed by atoms with Crippen LogP contribution in [0.15, 0.2) is 41.2 Å². The molecule has 7 heteroatoms. The molecule has 2 N–H and O–H groups in total. The van der Waals surface area contributed by atoms with Crippen LogP contribution in [0.3, 0.4) is 0 Å². The van der Waals surface area contributed by atoms with Crippen molar-refractivity contribution in [1.82, 2.24) is 9.55 Å². The predicted octanol–water partition coefficient (Wildman–Crippen LogP) is 3.17. The van der Waals surface area contributed by atoms with Crippen molar-refractivity contribution in [3.8, 4) is 5.75 Å². The van der Waals surface area contributed by atoms with Crippen molar-refractivity contribution in [3.05, 3.63) is 62.6 Å². The lowest BCUT2D eigenvalue weighted by atomic mass is 10.1. The van der Waals surface area contributed by atoms with E-state index in [1.165, 1.54) is 4.57 Å². The number of ether oxygens (including phenoxy) is 1. The van der Waals surface area contributed by atoms with E-state index < -0.39 is 0 Å². The molecule has 128 valence electrons. The molecule has 3 rings (SSSR count). The van der Waals surface area contributed by atoms with E-state index in [0.717, 1.165) is 5.56 Å². The molecule has 25 heavy (non-hydrogen) atoms. The van der Waals surface area contributed by atoms with Crippen molar-refractivity contribution in [1.29, 1.82) is 0 Å². The third kappa shape index (κ3) is 3.18. The lowest BCUT2D eigenvalue weighted by Gasteiger charge is -2.11. The maximum Gasteiger partial charge on any atom is 0.261 e. The minimum atomic E-state index is -0.300. The third-order valence-corrected chi connectivity index (χ3v) is 4.34. The van der Waals surface area contributed by atoms with E-state index in [-0.39, 0.29) is 11.5 Å². The van der Waals surface area contributed by atoms with Gasteiger partial charge in [-0.2, -0.15) is 0 Å². The lowest BCUT2D eigenvalue weighted by molar-refractivity contribution is 0.102. The molecule has 3 aromatic rings. The summed E-state index contributed by atoms with van der Waals surface area (Å²) in [6.45, 7) is 1.93. The fourth-order valence-corrected chi connectivity index (χ4v) is 2.75. The van der Waals surface area contributed by atoms with Gasteiger partial charge in [-0.25, -0.2) is 0 Å². The number of amides is 1. The zero-order chi connectivity index (χ0) is 18.1. The minimum absolute atomic E-state index is 0.203. The van der Waals surface area contributed by atoms with Crippen LogP contribution in [-0.4, -0.2) is 22.6 Å². The molecule has 0 radical (unpaired) electrons. The highest BCUT2D eigenvalue weighted by Crippen LogP contribution is 2.26. The topological polar surface area (TPSA) is 76.1 Å². The van der Waals surface area contributed by atoms with Gasteiger partial charge in [0, 0.05) is 12.6 Å². The first-order chi connectivity index (χ1) is 11.9. The van der Waals surface area contributed by atoms with Gasteiger partial charge in [0.05, 0.1) is 23.7 Å². The molecule has 0 aliphatic heterocycles. The Balaban J connectivity index is 2.01. The Hall–Kier alpha value is -2.93. The molecule has 1 heterocycles. The smallest absolute Gasteiger partial charge is 0.261 e. The summed E-state index contributed by atoms with van der Waals surface area (Å²) in [5.41, 5.74) is 2.32. The van der Waals surface area contributed by atoms with Crippen LogP contribution in [0.25, 0.3) is 10.9 Å². The Bertz CT molecular complexity index is 1100. The Morgan fingerprint density at radius 1 is 1.24 bits per heavy atom. The Labute approximate surface area is 149 Å². The summed E-state index contributed by atoms with van der Waals surface area (Å²) in [5.74, 6) is 0.277. The molecule has 0 bridgehead atoms. The first kappa shape index (κ1) is 16.9. The molecule has 0 fully saturated rings. The first-order valence-electron chi connectivity index (χ1n) is 7.60. The molecular weight excluding hydrogens is 338 g/mol. The number of aromatic nitrogens is 2. The number of aromatic amines is 1. The van der Waals surface area contributed by atoms with Crippen molar-refractivity contribution in [2.75, 3.05) is 12.4 Å². The molecule has 0 saturated carbocycles. The fraction of sp³-hybridized carbons (Fsp3) is 0.167.